The van der Waals surface area contributed by atoms with E-state index in [1.807, 2.05) is 29.5 Å². The standard InChI is InChI=1S/C27H27F2N9O2/c1-16-24(17(2)37(34-16)14-21-15-40-21)25-22(29)13-31-26(33-25)35-5-7-36(8-6-35)27(39)38-23(3-4-32-38)19-9-18(12-30)10-20(28)11-19/h4,9-11,13,21,23H,3,5-8,14-15H2,1-2H3/t21-,23+/m1/s1. The normalized spacial score (nSPS) is 20.2. The van der Waals surface area contributed by atoms with Crippen molar-refractivity contribution in [1.29, 1.82) is 5.26 Å². The van der Waals surface area contributed by atoms with Crippen LogP contribution in [0.4, 0.5) is 19.5 Å². The molecule has 11 nitrogen and oxygen atoms in total. The SMILES string of the molecule is Cc1nn(C[C@@H]2CO2)c(C)c1-c1nc(N2CCN(C(=O)N3N=CC[C@H]3c3cc(F)cc(C#N)c3)CC2)ncc1F. The molecule has 3 aliphatic heterocycles. The molecule has 2 atom stereocenters. The van der Waals surface area contributed by atoms with Gasteiger partial charge in [0.05, 0.1) is 42.7 Å². The van der Waals surface area contributed by atoms with Crippen LogP contribution in [0.3, 0.4) is 0 Å². The first-order chi connectivity index (χ1) is 19.3. The molecule has 5 heterocycles. The largest absolute Gasteiger partial charge is 0.371 e. The average molecular weight is 548 g/mol. The van der Waals surface area contributed by atoms with Gasteiger partial charge in [-0.25, -0.2) is 28.6 Å². The molecule has 2 aromatic heterocycles. The molecule has 0 saturated carbocycles. The highest BCUT2D eigenvalue weighted by Gasteiger charge is 2.34. The molecule has 40 heavy (non-hydrogen) atoms. The minimum Gasteiger partial charge on any atom is -0.371 e. The predicted molar refractivity (Wildman–Crippen MR) is 140 cm³/mol. The number of ether oxygens (including phenoxy) is 1. The Hall–Kier alpha value is -4.44. The number of anilines is 1. The molecule has 2 amide bonds. The maximum atomic E-state index is 14.9. The lowest BCUT2D eigenvalue weighted by molar-refractivity contribution is 0.139. The van der Waals surface area contributed by atoms with E-state index in [0.29, 0.717) is 68.5 Å². The Bertz CT molecular complexity index is 1540. The molecular weight excluding hydrogens is 520 g/mol. The van der Waals surface area contributed by atoms with Crippen LogP contribution in [0.1, 0.15) is 35.0 Å². The topological polar surface area (TPSA) is 119 Å². The fraction of sp³-hybridized carbons (Fsp3) is 0.407. The molecular formula is C27H27F2N9O2. The molecule has 2 fully saturated rings. The number of halogens is 2. The molecule has 0 spiro atoms. The molecule has 2 saturated heterocycles. The van der Waals surface area contributed by atoms with E-state index in [2.05, 4.69) is 20.2 Å². The summed E-state index contributed by atoms with van der Waals surface area (Å²) >= 11 is 0. The van der Waals surface area contributed by atoms with Crippen LogP contribution in [0.15, 0.2) is 29.5 Å². The van der Waals surface area contributed by atoms with Crippen LogP contribution in [0.25, 0.3) is 11.3 Å². The number of amides is 2. The van der Waals surface area contributed by atoms with Crippen molar-refractivity contribution in [3.8, 4) is 17.3 Å². The monoisotopic (exact) mass is 547 g/mol. The number of rotatable bonds is 5. The first kappa shape index (κ1) is 25.8. The second-order valence-corrected chi connectivity index (χ2v) is 10.1. The number of hydrogen-bond acceptors (Lipinski definition) is 8. The van der Waals surface area contributed by atoms with E-state index >= 15 is 0 Å². The quantitative estimate of drug-likeness (QED) is 0.450. The van der Waals surface area contributed by atoms with Crippen molar-refractivity contribution >= 4 is 18.2 Å². The highest BCUT2D eigenvalue weighted by atomic mass is 19.1. The number of urea groups is 1. The highest BCUT2D eigenvalue weighted by Crippen LogP contribution is 2.32. The van der Waals surface area contributed by atoms with Crippen LogP contribution in [0, 0.1) is 36.8 Å². The van der Waals surface area contributed by atoms with Crippen LogP contribution < -0.4 is 4.90 Å². The molecule has 3 aliphatic rings. The number of aromatic nitrogens is 4. The lowest BCUT2D eigenvalue weighted by Crippen LogP contribution is -2.52. The molecule has 1 aromatic carbocycles. The Kier molecular flexibility index (Phi) is 6.63. The third kappa shape index (κ3) is 4.86. The smallest absolute Gasteiger partial charge is 0.341 e. The van der Waals surface area contributed by atoms with Gasteiger partial charge in [0, 0.05) is 50.1 Å². The fourth-order valence-corrected chi connectivity index (χ4v) is 5.26. The average Bonchev–Trinajstić information content (AvgIpc) is 3.55. The van der Waals surface area contributed by atoms with E-state index < -0.39 is 17.7 Å². The summed E-state index contributed by atoms with van der Waals surface area (Å²) in [6.45, 7) is 6.66. The lowest BCUT2D eigenvalue weighted by Gasteiger charge is -2.37. The fourth-order valence-electron chi connectivity index (χ4n) is 5.26. The molecule has 13 heteroatoms. The summed E-state index contributed by atoms with van der Waals surface area (Å²) in [6, 6.07) is 5.22. The van der Waals surface area contributed by atoms with Crippen LogP contribution in [-0.4, -0.2) is 80.8 Å². The third-order valence-electron chi connectivity index (χ3n) is 7.42. The van der Waals surface area contributed by atoms with Crippen molar-refractivity contribution in [3.05, 3.63) is 58.5 Å². The van der Waals surface area contributed by atoms with Gasteiger partial charge in [0.1, 0.15) is 17.6 Å². The molecule has 206 valence electrons. The van der Waals surface area contributed by atoms with Crippen molar-refractivity contribution in [2.75, 3.05) is 37.7 Å². The number of piperazine rings is 1. The number of benzene rings is 1. The second kappa shape index (κ2) is 10.3. The first-order valence-electron chi connectivity index (χ1n) is 13.1. The summed E-state index contributed by atoms with van der Waals surface area (Å²) in [5.74, 6) is -0.683. The van der Waals surface area contributed by atoms with Gasteiger partial charge in [0.15, 0.2) is 5.82 Å². The molecule has 0 N–H and O–H groups in total. The van der Waals surface area contributed by atoms with Crippen molar-refractivity contribution in [3.63, 3.8) is 0 Å². The van der Waals surface area contributed by atoms with E-state index in [9.17, 15) is 18.8 Å². The molecule has 0 radical (unpaired) electrons. The summed E-state index contributed by atoms with van der Waals surface area (Å²) in [5.41, 5.74) is 3.04. The van der Waals surface area contributed by atoms with E-state index in [1.54, 1.807) is 17.2 Å². The van der Waals surface area contributed by atoms with Gasteiger partial charge >= 0.3 is 6.03 Å². The van der Waals surface area contributed by atoms with Crippen molar-refractivity contribution in [2.24, 2.45) is 5.10 Å². The van der Waals surface area contributed by atoms with Gasteiger partial charge in [-0.15, -0.1) is 0 Å². The summed E-state index contributed by atoms with van der Waals surface area (Å²) < 4.78 is 36.1. The number of carbonyl (C=O) groups is 1. The number of hydrogen-bond donors (Lipinski definition) is 0. The summed E-state index contributed by atoms with van der Waals surface area (Å²) in [6.07, 6.45) is 3.36. The van der Waals surface area contributed by atoms with E-state index in [1.165, 1.54) is 17.3 Å². The van der Waals surface area contributed by atoms with Gasteiger partial charge < -0.3 is 14.5 Å². The maximum Gasteiger partial charge on any atom is 0.341 e. The number of carbonyl (C=O) groups excluding carboxylic acids is 1. The molecule has 0 aliphatic carbocycles. The van der Waals surface area contributed by atoms with Crippen molar-refractivity contribution < 1.29 is 18.3 Å². The van der Waals surface area contributed by atoms with Gasteiger partial charge in [0.2, 0.25) is 5.95 Å². The third-order valence-corrected chi connectivity index (χ3v) is 7.42. The Morgan fingerprint density at radius 3 is 2.67 bits per heavy atom. The molecule has 3 aromatic rings. The summed E-state index contributed by atoms with van der Waals surface area (Å²) in [4.78, 5) is 25.8. The number of aryl methyl sites for hydroxylation is 1. The maximum absolute atomic E-state index is 14.9. The van der Waals surface area contributed by atoms with Crippen LogP contribution >= 0.6 is 0 Å². The van der Waals surface area contributed by atoms with E-state index in [0.717, 1.165) is 11.8 Å². The number of hydrazone groups is 1. The summed E-state index contributed by atoms with van der Waals surface area (Å²) in [5, 5.41) is 19.3. The Labute approximate surface area is 229 Å². The molecule has 0 bridgehead atoms. The summed E-state index contributed by atoms with van der Waals surface area (Å²) in [7, 11) is 0. The zero-order valence-electron chi connectivity index (χ0n) is 22.1. The Morgan fingerprint density at radius 2 is 1.95 bits per heavy atom. The number of nitrogens with zero attached hydrogens (tertiary/aromatic N) is 9. The Balaban J connectivity index is 1.15. The van der Waals surface area contributed by atoms with Crippen molar-refractivity contribution in [2.45, 2.75) is 39.0 Å². The zero-order valence-corrected chi connectivity index (χ0v) is 22.1. The van der Waals surface area contributed by atoms with Gasteiger partial charge in [-0.3, -0.25) is 4.68 Å². The Morgan fingerprint density at radius 1 is 1.18 bits per heavy atom. The predicted octanol–water partition coefficient (Wildman–Crippen LogP) is 3.18. The van der Waals surface area contributed by atoms with E-state index in [4.69, 9.17) is 4.74 Å². The highest BCUT2D eigenvalue weighted by molar-refractivity contribution is 5.79. The van der Waals surface area contributed by atoms with Crippen LogP contribution in [-0.2, 0) is 11.3 Å². The first-order valence-corrected chi connectivity index (χ1v) is 13.1. The minimum absolute atomic E-state index is 0.140. The second-order valence-electron chi connectivity index (χ2n) is 10.1. The van der Waals surface area contributed by atoms with Crippen LogP contribution in [0.5, 0.6) is 0 Å². The van der Waals surface area contributed by atoms with Gasteiger partial charge in [0.25, 0.3) is 0 Å². The van der Waals surface area contributed by atoms with Gasteiger partial charge in [-0.1, -0.05) is 0 Å². The van der Waals surface area contributed by atoms with E-state index in [-0.39, 0.29) is 23.4 Å². The number of epoxide rings is 1. The lowest BCUT2D eigenvalue weighted by atomic mass is 10.0. The van der Waals surface area contributed by atoms with Crippen molar-refractivity contribution in [1.82, 2.24) is 29.7 Å². The minimum atomic E-state index is -0.532. The number of nitriles is 1. The molecule has 0 unspecified atom stereocenters. The van der Waals surface area contributed by atoms with Gasteiger partial charge in [-0.05, 0) is 37.6 Å². The van der Waals surface area contributed by atoms with Gasteiger partial charge in [-0.2, -0.15) is 15.5 Å². The molecule has 6 rings (SSSR count). The zero-order chi connectivity index (χ0) is 28.0. The van der Waals surface area contributed by atoms with Crippen LogP contribution in [0.2, 0.25) is 0 Å².